The van der Waals surface area contributed by atoms with Crippen LogP contribution in [0.3, 0.4) is 0 Å². The average Bonchev–Trinajstić information content (AvgIpc) is 2.71. The SMILES string of the molecule is CS(=O)(=O)c1ccc(OCC(=O)N(Cc2ccccc2)c2ccccc2)cc1. The fourth-order valence-electron chi connectivity index (χ4n) is 2.70. The highest BCUT2D eigenvalue weighted by Gasteiger charge is 2.17. The van der Waals surface area contributed by atoms with Gasteiger partial charge in [0.15, 0.2) is 16.4 Å². The molecule has 0 aliphatic heterocycles. The van der Waals surface area contributed by atoms with E-state index in [4.69, 9.17) is 4.74 Å². The first kappa shape index (κ1) is 19.6. The molecule has 0 heterocycles. The molecular formula is C22H21NO4S. The molecule has 5 nitrogen and oxygen atoms in total. The Hall–Kier alpha value is -3.12. The second-order valence-electron chi connectivity index (χ2n) is 6.33. The zero-order valence-corrected chi connectivity index (χ0v) is 16.3. The van der Waals surface area contributed by atoms with Crippen molar-refractivity contribution in [1.82, 2.24) is 0 Å². The van der Waals surface area contributed by atoms with E-state index >= 15 is 0 Å². The molecule has 28 heavy (non-hydrogen) atoms. The van der Waals surface area contributed by atoms with Gasteiger partial charge in [0.05, 0.1) is 11.4 Å². The Labute approximate surface area is 165 Å². The van der Waals surface area contributed by atoms with Gasteiger partial charge in [-0.05, 0) is 42.0 Å². The van der Waals surface area contributed by atoms with Gasteiger partial charge in [0.1, 0.15) is 5.75 Å². The lowest BCUT2D eigenvalue weighted by Gasteiger charge is -2.23. The molecule has 0 saturated carbocycles. The number of hydrogen-bond acceptors (Lipinski definition) is 4. The minimum absolute atomic E-state index is 0.153. The highest BCUT2D eigenvalue weighted by Crippen LogP contribution is 2.19. The number of rotatable bonds is 7. The fraction of sp³-hybridized carbons (Fsp3) is 0.136. The molecule has 0 bridgehead atoms. The van der Waals surface area contributed by atoms with Crippen molar-refractivity contribution in [1.29, 1.82) is 0 Å². The molecular weight excluding hydrogens is 374 g/mol. The van der Waals surface area contributed by atoms with Crippen molar-refractivity contribution in [2.75, 3.05) is 17.8 Å². The molecule has 0 atom stereocenters. The molecule has 0 aliphatic rings. The summed E-state index contributed by atoms with van der Waals surface area (Å²) in [5.74, 6) is 0.246. The zero-order valence-electron chi connectivity index (χ0n) is 15.5. The van der Waals surface area contributed by atoms with Gasteiger partial charge in [-0.25, -0.2) is 8.42 Å². The van der Waals surface area contributed by atoms with Crippen LogP contribution in [0, 0.1) is 0 Å². The Kier molecular flexibility index (Phi) is 6.11. The van der Waals surface area contributed by atoms with Gasteiger partial charge in [0, 0.05) is 11.9 Å². The molecule has 0 radical (unpaired) electrons. The molecule has 3 rings (SSSR count). The predicted octanol–water partition coefficient (Wildman–Crippen LogP) is 3.70. The van der Waals surface area contributed by atoms with Crippen molar-refractivity contribution >= 4 is 21.4 Å². The third-order valence-corrected chi connectivity index (χ3v) is 5.30. The first-order chi connectivity index (χ1) is 13.4. The van der Waals surface area contributed by atoms with E-state index in [1.807, 2.05) is 60.7 Å². The van der Waals surface area contributed by atoms with E-state index < -0.39 is 9.84 Å². The molecule has 0 fully saturated rings. The van der Waals surface area contributed by atoms with Crippen LogP contribution in [0.2, 0.25) is 0 Å². The molecule has 0 N–H and O–H groups in total. The fourth-order valence-corrected chi connectivity index (χ4v) is 3.33. The number of sulfone groups is 1. The van der Waals surface area contributed by atoms with Gasteiger partial charge in [0.2, 0.25) is 0 Å². The standard InChI is InChI=1S/C22H21NO4S/c1-28(25,26)21-14-12-20(13-15-21)27-17-22(24)23(19-10-6-3-7-11-19)16-18-8-4-2-5-9-18/h2-15H,16-17H2,1H3. The van der Waals surface area contributed by atoms with Crippen LogP contribution in [0.5, 0.6) is 5.75 Å². The number of para-hydroxylation sites is 1. The van der Waals surface area contributed by atoms with Crippen LogP contribution in [-0.4, -0.2) is 27.2 Å². The molecule has 6 heteroatoms. The number of nitrogens with zero attached hydrogens (tertiary/aromatic N) is 1. The number of amides is 1. The topological polar surface area (TPSA) is 63.7 Å². The lowest BCUT2D eigenvalue weighted by atomic mass is 10.2. The summed E-state index contributed by atoms with van der Waals surface area (Å²) < 4.78 is 28.6. The van der Waals surface area contributed by atoms with E-state index in [0.29, 0.717) is 12.3 Å². The maximum absolute atomic E-state index is 12.9. The molecule has 3 aromatic carbocycles. The quantitative estimate of drug-likeness (QED) is 0.612. The van der Waals surface area contributed by atoms with Gasteiger partial charge >= 0.3 is 0 Å². The summed E-state index contributed by atoms with van der Waals surface area (Å²) in [5.41, 5.74) is 1.80. The Morgan fingerprint density at radius 3 is 2.00 bits per heavy atom. The third kappa shape index (κ3) is 5.20. The zero-order chi connectivity index (χ0) is 20.0. The van der Waals surface area contributed by atoms with Gasteiger partial charge in [-0.15, -0.1) is 0 Å². The maximum atomic E-state index is 12.9. The molecule has 0 saturated heterocycles. The van der Waals surface area contributed by atoms with Crippen LogP contribution in [-0.2, 0) is 21.2 Å². The summed E-state index contributed by atoms with van der Waals surface area (Å²) in [6.45, 7) is 0.278. The van der Waals surface area contributed by atoms with Crippen LogP contribution in [0.15, 0.2) is 89.8 Å². The molecule has 0 aromatic heterocycles. The molecule has 0 unspecified atom stereocenters. The summed E-state index contributed by atoms with van der Waals surface area (Å²) in [6.07, 6.45) is 1.15. The van der Waals surface area contributed by atoms with Crippen LogP contribution in [0.4, 0.5) is 5.69 Å². The first-order valence-corrected chi connectivity index (χ1v) is 10.6. The molecule has 0 spiro atoms. The van der Waals surface area contributed by atoms with Crippen molar-refractivity contribution in [3.8, 4) is 5.75 Å². The summed E-state index contributed by atoms with van der Waals surface area (Å²) >= 11 is 0. The third-order valence-electron chi connectivity index (χ3n) is 4.17. The van der Waals surface area contributed by atoms with Crippen molar-refractivity contribution < 1.29 is 17.9 Å². The minimum Gasteiger partial charge on any atom is -0.484 e. The van der Waals surface area contributed by atoms with E-state index in [1.165, 1.54) is 12.1 Å². The van der Waals surface area contributed by atoms with Gasteiger partial charge in [-0.2, -0.15) is 0 Å². The Bertz CT molecular complexity index is 1020. The highest BCUT2D eigenvalue weighted by atomic mass is 32.2. The summed E-state index contributed by atoms with van der Waals surface area (Å²) in [7, 11) is -3.27. The molecule has 1 amide bonds. The van der Waals surface area contributed by atoms with E-state index in [0.717, 1.165) is 17.5 Å². The summed E-state index contributed by atoms with van der Waals surface area (Å²) in [6, 6.07) is 25.2. The van der Waals surface area contributed by atoms with E-state index in [1.54, 1.807) is 17.0 Å². The summed E-state index contributed by atoms with van der Waals surface area (Å²) in [4.78, 5) is 14.7. The van der Waals surface area contributed by atoms with Crippen molar-refractivity contribution in [3.63, 3.8) is 0 Å². The summed E-state index contributed by atoms with van der Waals surface area (Å²) in [5, 5.41) is 0. The Balaban J connectivity index is 1.72. The second-order valence-corrected chi connectivity index (χ2v) is 8.35. The monoisotopic (exact) mass is 395 g/mol. The van der Waals surface area contributed by atoms with E-state index in [-0.39, 0.29) is 17.4 Å². The second kappa shape index (κ2) is 8.71. The average molecular weight is 395 g/mol. The number of benzene rings is 3. The van der Waals surface area contributed by atoms with Crippen molar-refractivity contribution in [3.05, 3.63) is 90.5 Å². The van der Waals surface area contributed by atoms with Crippen LogP contribution >= 0.6 is 0 Å². The normalized spacial score (nSPS) is 11.0. The number of hydrogen-bond donors (Lipinski definition) is 0. The Morgan fingerprint density at radius 2 is 1.43 bits per heavy atom. The number of carbonyl (C=O) groups is 1. The number of ether oxygens (including phenoxy) is 1. The molecule has 3 aromatic rings. The first-order valence-electron chi connectivity index (χ1n) is 8.76. The van der Waals surface area contributed by atoms with Gasteiger partial charge < -0.3 is 9.64 Å². The minimum atomic E-state index is -3.27. The van der Waals surface area contributed by atoms with Crippen molar-refractivity contribution in [2.24, 2.45) is 0 Å². The maximum Gasteiger partial charge on any atom is 0.265 e. The Morgan fingerprint density at radius 1 is 0.857 bits per heavy atom. The number of anilines is 1. The van der Waals surface area contributed by atoms with E-state index in [2.05, 4.69) is 0 Å². The van der Waals surface area contributed by atoms with Gasteiger partial charge in [-0.3, -0.25) is 4.79 Å². The molecule has 0 aliphatic carbocycles. The van der Waals surface area contributed by atoms with Gasteiger partial charge in [-0.1, -0.05) is 48.5 Å². The van der Waals surface area contributed by atoms with Crippen molar-refractivity contribution in [2.45, 2.75) is 11.4 Å². The largest absolute Gasteiger partial charge is 0.484 e. The smallest absolute Gasteiger partial charge is 0.265 e. The molecule has 144 valence electrons. The lowest BCUT2D eigenvalue weighted by Crippen LogP contribution is -2.34. The van der Waals surface area contributed by atoms with Crippen LogP contribution in [0.25, 0.3) is 0 Å². The van der Waals surface area contributed by atoms with E-state index in [9.17, 15) is 13.2 Å². The lowest BCUT2D eigenvalue weighted by molar-refractivity contribution is -0.120. The number of carbonyl (C=O) groups excluding carboxylic acids is 1. The predicted molar refractivity (Wildman–Crippen MR) is 109 cm³/mol. The van der Waals surface area contributed by atoms with Crippen LogP contribution < -0.4 is 9.64 Å². The van der Waals surface area contributed by atoms with Gasteiger partial charge in [0.25, 0.3) is 5.91 Å². The van der Waals surface area contributed by atoms with Crippen LogP contribution in [0.1, 0.15) is 5.56 Å². The highest BCUT2D eigenvalue weighted by molar-refractivity contribution is 7.90.